The molecule has 4 heteroatoms. The summed E-state index contributed by atoms with van der Waals surface area (Å²) in [5, 5.41) is 7.16. The molecule has 0 spiro atoms. The Morgan fingerprint density at radius 1 is 1.28 bits per heavy atom. The van der Waals surface area contributed by atoms with E-state index >= 15 is 0 Å². The summed E-state index contributed by atoms with van der Waals surface area (Å²) >= 11 is 2.33. The van der Waals surface area contributed by atoms with Gasteiger partial charge in [-0.25, -0.2) is 0 Å². The van der Waals surface area contributed by atoms with Crippen molar-refractivity contribution < 1.29 is 4.74 Å². The Hall–Kier alpha value is -0.880. The zero-order chi connectivity index (χ0) is 12.4. The molecule has 1 aliphatic rings. The lowest BCUT2D eigenvalue weighted by Crippen LogP contribution is -2.30. The summed E-state index contributed by atoms with van der Waals surface area (Å²) in [6.07, 6.45) is 4.48. The molecule has 0 atom stereocenters. The Morgan fingerprint density at radius 2 is 2.06 bits per heavy atom. The topological polar surface area (TPSA) is 37.9 Å². The fourth-order valence-electron chi connectivity index (χ4n) is 2.29. The molecule has 0 unspecified atom stereocenters. The minimum absolute atomic E-state index is 0.398. The number of nitrogens with zero attached hydrogens (tertiary/aromatic N) is 1. The van der Waals surface area contributed by atoms with Gasteiger partial charge in [-0.15, -0.1) is 0 Å². The van der Waals surface area contributed by atoms with E-state index in [-0.39, 0.29) is 0 Å². The van der Waals surface area contributed by atoms with Crippen LogP contribution in [0.1, 0.15) is 30.0 Å². The smallest absolute Gasteiger partial charge is 0.0720 e. The zero-order valence-corrected chi connectivity index (χ0v) is 12.1. The van der Waals surface area contributed by atoms with Crippen molar-refractivity contribution >= 4 is 22.6 Å². The number of hydrogen-bond acceptors (Lipinski definition) is 2. The van der Waals surface area contributed by atoms with Crippen LogP contribution in [0.2, 0.25) is 0 Å². The minimum atomic E-state index is 0.398. The summed E-state index contributed by atoms with van der Waals surface area (Å²) in [6.45, 7) is 0.721. The number of ether oxygens (including phenoxy) is 1. The van der Waals surface area contributed by atoms with E-state index in [0.717, 1.165) is 19.4 Å². The number of H-pyrrole nitrogens is 1. The summed E-state index contributed by atoms with van der Waals surface area (Å²) in [5.41, 5.74) is 2.52. The van der Waals surface area contributed by atoms with E-state index < -0.39 is 0 Å². The fraction of sp³-hybridized carbons (Fsp3) is 0.357. The fourth-order valence-corrected chi connectivity index (χ4v) is 2.99. The average molecular weight is 354 g/mol. The number of benzene rings is 1. The molecule has 0 saturated heterocycles. The van der Waals surface area contributed by atoms with E-state index in [0.29, 0.717) is 12.0 Å². The predicted octanol–water partition coefficient (Wildman–Crippen LogP) is 3.48. The third kappa shape index (κ3) is 2.59. The first-order valence-corrected chi connectivity index (χ1v) is 7.25. The van der Waals surface area contributed by atoms with Gasteiger partial charge >= 0.3 is 0 Å². The molecular weight excluding hydrogens is 339 g/mol. The van der Waals surface area contributed by atoms with Gasteiger partial charge in [0.15, 0.2) is 0 Å². The van der Waals surface area contributed by atoms with Gasteiger partial charge in [0, 0.05) is 5.92 Å². The number of rotatable bonds is 4. The highest BCUT2D eigenvalue weighted by atomic mass is 127. The van der Waals surface area contributed by atoms with E-state index in [1.807, 2.05) is 12.3 Å². The van der Waals surface area contributed by atoms with Crippen molar-refractivity contribution in [1.29, 1.82) is 0 Å². The van der Waals surface area contributed by atoms with Crippen LogP contribution in [-0.4, -0.2) is 16.3 Å². The van der Waals surface area contributed by atoms with Gasteiger partial charge in [-0.3, -0.25) is 5.10 Å². The van der Waals surface area contributed by atoms with Crippen LogP contribution in [0.5, 0.6) is 0 Å². The van der Waals surface area contributed by atoms with Crippen molar-refractivity contribution in [3.05, 3.63) is 51.4 Å². The Kier molecular flexibility index (Phi) is 3.65. The monoisotopic (exact) mass is 354 g/mol. The van der Waals surface area contributed by atoms with E-state index in [1.54, 1.807) is 0 Å². The second kappa shape index (κ2) is 5.40. The van der Waals surface area contributed by atoms with E-state index in [1.165, 1.54) is 14.8 Å². The molecule has 1 fully saturated rings. The van der Waals surface area contributed by atoms with Crippen molar-refractivity contribution in [3.8, 4) is 0 Å². The van der Waals surface area contributed by atoms with Crippen molar-refractivity contribution in [2.45, 2.75) is 31.5 Å². The number of hydrogen-bond donors (Lipinski definition) is 1. The molecule has 0 radical (unpaired) electrons. The Labute approximate surface area is 120 Å². The van der Waals surface area contributed by atoms with Gasteiger partial charge < -0.3 is 4.74 Å². The Bertz CT molecular complexity index is 506. The van der Waals surface area contributed by atoms with E-state index in [4.69, 9.17) is 4.74 Å². The van der Waals surface area contributed by atoms with Gasteiger partial charge in [0.25, 0.3) is 0 Å². The van der Waals surface area contributed by atoms with Crippen LogP contribution in [0.25, 0.3) is 0 Å². The van der Waals surface area contributed by atoms with E-state index in [9.17, 15) is 0 Å². The quantitative estimate of drug-likeness (QED) is 0.854. The zero-order valence-electron chi connectivity index (χ0n) is 9.97. The lowest BCUT2D eigenvalue weighted by molar-refractivity contribution is -0.0216. The maximum absolute atomic E-state index is 5.90. The van der Waals surface area contributed by atoms with Crippen molar-refractivity contribution in [3.63, 3.8) is 0 Å². The van der Waals surface area contributed by atoms with Gasteiger partial charge in [0.1, 0.15) is 0 Å². The van der Waals surface area contributed by atoms with Crippen LogP contribution < -0.4 is 0 Å². The molecular formula is C14H15IN2O. The molecule has 94 valence electrons. The first-order chi connectivity index (χ1) is 8.83. The molecule has 0 amide bonds. The molecule has 1 saturated carbocycles. The summed E-state index contributed by atoms with van der Waals surface area (Å²) in [6, 6.07) is 10.3. The molecule has 0 bridgehead atoms. The number of aromatic amines is 1. The third-order valence-electron chi connectivity index (χ3n) is 3.45. The molecule has 3 rings (SSSR count). The summed E-state index contributed by atoms with van der Waals surface area (Å²) in [5.74, 6) is 0.597. The second-order valence-corrected chi connectivity index (χ2v) is 5.88. The van der Waals surface area contributed by atoms with Crippen molar-refractivity contribution in [2.75, 3.05) is 0 Å². The molecule has 3 nitrogen and oxygen atoms in total. The molecule has 1 heterocycles. The third-order valence-corrected chi connectivity index (χ3v) is 4.31. The van der Waals surface area contributed by atoms with Crippen LogP contribution in [0.3, 0.4) is 0 Å². The lowest BCUT2D eigenvalue weighted by atomic mass is 9.80. The highest BCUT2D eigenvalue weighted by Crippen LogP contribution is 2.39. The van der Waals surface area contributed by atoms with Gasteiger partial charge in [0.2, 0.25) is 0 Å². The number of aromatic nitrogens is 2. The van der Waals surface area contributed by atoms with Crippen LogP contribution in [0, 0.1) is 3.57 Å². The molecule has 2 aromatic rings. The van der Waals surface area contributed by atoms with Gasteiger partial charge in [-0.1, -0.05) is 30.3 Å². The maximum atomic E-state index is 5.90. The molecule has 1 aromatic carbocycles. The first-order valence-electron chi connectivity index (χ1n) is 6.17. The lowest BCUT2D eigenvalue weighted by Gasteiger charge is -2.34. The van der Waals surface area contributed by atoms with E-state index in [2.05, 4.69) is 57.1 Å². The average Bonchev–Trinajstić information content (AvgIpc) is 2.75. The highest BCUT2D eigenvalue weighted by molar-refractivity contribution is 14.1. The maximum Gasteiger partial charge on any atom is 0.0720 e. The first kappa shape index (κ1) is 12.2. The van der Waals surface area contributed by atoms with Gasteiger partial charge in [-0.05, 0) is 41.0 Å². The Balaban J connectivity index is 1.47. The number of halogens is 1. The Morgan fingerprint density at radius 3 is 2.72 bits per heavy atom. The molecule has 18 heavy (non-hydrogen) atoms. The number of nitrogens with one attached hydrogen (secondary N) is 1. The van der Waals surface area contributed by atoms with Gasteiger partial charge in [0.05, 0.1) is 28.2 Å². The van der Waals surface area contributed by atoms with Crippen molar-refractivity contribution in [1.82, 2.24) is 10.2 Å². The summed E-state index contributed by atoms with van der Waals surface area (Å²) < 4.78 is 7.13. The summed E-state index contributed by atoms with van der Waals surface area (Å²) in [7, 11) is 0. The SMILES string of the molecule is Ic1cn[nH]c1C1CC(OCc2ccccc2)C1. The van der Waals surface area contributed by atoms with Crippen molar-refractivity contribution in [2.24, 2.45) is 0 Å². The summed E-state index contributed by atoms with van der Waals surface area (Å²) in [4.78, 5) is 0. The second-order valence-electron chi connectivity index (χ2n) is 4.72. The highest BCUT2D eigenvalue weighted by Gasteiger charge is 2.33. The minimum Gasteiger partial charge on any atom is -0.373 e. The molecule has 1 N–H and O–H groups in total. The van der Waals surface area contributed by atoms with Gasteiger partial charge in [-0.2, -0.15) is 5.10 Å². The predicted molar refractivity (Wildman–Crippen MR) is 78.3 cm³/mol. The van der Waals surface area contributed by atoms with Crippen LogP contribution in [-0.2, 0) is 11.3 Å². The van der Waals surface area contributed by atoms with Crippen LogP contribution in [0.15, 0.2) is 36.5 Å². The van der Waals surface area contributed by atoms with Crippen LogP contribution in [0.4, 0.5) is 0 Å². The molecule has 1 aromatic heterocycles. The normalized spacial score (nSPS) is 22.7. The molecule has 1 aliphatic carbocycles. The largest absolute Gasteiger partial charge is 0.373 e. The standard InChI is InChI=1S/C14H15IN2O/c15-13-8-16-17-14(13)11-6-12(7-11)18-9-10-4-2-1-3-5-10/h1-5,8,11-12H,6-7,9H2,(H,16,17). The van der Waals surface area contributed by atoms with Crippen LogP contribution >= 0.6 is 22.6 Å². The molecule has 0 aliphatic heterocycles.